The molecule has 1 N–H and O–H groups in total. The highest BCUT2D eigenvalue weighted by Gasteiger charge is 2.25. The van der Waals surface area contributed by atoms with E-state index in [0.29, 0.717) is 10.7 Å². The van der Waals surface area contributed by atoms with Crippen molar-refractivity contribution < 1.29 is 18.2 Å². The number of benzene rings is 1. The maximum Gasteiger partial charge on any atom is 0.308 e. The molecule has 2 aromatic rings. The lowest BCUT2D eigenvalue weighted by Crippen LogP contribution is -2.30. The van der Waals surface area contributed by atoms with Gasteiger partial charge < -0.3 is 9.15 Å². The molecule has 1 aromatic heterocycles. The quantitative estimate of drug-likeness (QED) is 0.808. The Morgan fingerprint density at radius 3 is 2.46 bits per heavy atom. The smallest absolute Gasteiger partial charge is 0.308 e. The topological polar surface area (TPSA) is 68.5 Å². The van der Waals surface area contributed by atoms with Crippen LogP contribution in [-0.2, 0) is 20.5 Å². The Morgan fingerprint density at radius 2 is 1.92 bits per heavy atom. The van der Waals surface area contributed by atoms with E-state index >= 15 is 0 Å². The summed E-state index contributed by atoms with van der Waals surface area (Å²) in [7, 11) is -1.46. The minimum atomic E-state index is -1.46. The molecular weight excluding hydrogens is 326 g/mol. The lowest BCUT2D eigenvalue weighted by molar-refractivity contribution is -0.155. The fraction of sp³-hybridized carbons (Fsp3) is 0.389. The summed E-state index contributed by atoms with van der Waals surface area (Å²) in [5, 5.41) is 0. The Balaban J connectivity index is 2.11. The van der Waals surface area contributed by atoms with Crippen LogP contribution in [0.25, 0.3) is 0 Å². The summed E-state index contributed by atoms with van der Waals surface area (Å²) in [5.74, 6) is 0.165. The summed E-state index contributed by atoms with van der Waals surface area (Å²) in [5.41, 5.74) is 0.521. The van der Waals surface area contributed by atoms with Crippen LogP contribution in [0.1, 0.15) is 44.6 Å². The molecule has 0 bridgehead atoms. The molecule has 0 aliphatic carbocycles. The van der Waals surface area contributed by atoms with E-state index in [2.05, 4.69) is 4.72 Å². The van der Waals surface area contributed by atoms with Crippen molar-refractivity contribution in [1.82, 2.24) is 4.72 Å². The maximum absolute atomic E-state index is 12.5. The standard InChI is InChI=1S/C18H23NO4S/c1-13-7-9-14(10-8-13)24(21)19-15(16-6-5-11-22-16)12-17(20)23-18(2,3)4/h5-11,15,19H,12H2,1-4H3/t15-,24+/m1/s1. The van der Waals surface area contributed by atoms with Crippen molar-refractivity contribution >= 4 is 17.0 Å². The van der Waals surface area contributed by atoms with Crippen molar-refractivity contribution in [2.75, 3.05) is 0 Å². The SMILES string of the molecule is Cc1ccc([S@](=O)N[C@H](CC(=O)OC(C)(C)C)c2ccco2)cc1. The molecule has 0 saturated heterocycles. The molecule has 6 heteroatoms. The molecule has 0 amide bonds. The first kappa shape index (κ1) is 18.4. The number of hydrogen-bond acceptors (Lipinski definition) is 4. The van der Waals surface area contributed by atoms with Gasteiger partial charge in [-0.3, -0.25) is 4.79 Å². The predicted molar refractivity (Wildman–Crippen MR) is 92.6 cm³/mol. The number of nitrogens with one attached hydrogen (secondary N) is 1. The van der Waals surface area contributed by atoms with Crippen LogP contribution in [0.5, 0.6) is 0 Å². The summed E-state index contributed by atoms with van der Waals surface area (Å²) in [6.45, 7) is 7.40. The van der Waals surface area contributed by atoms with Crippen molar-refractivity contribution in [2.45, 2.75) is 50.7 Å². The highest BCUT2D eigenvalue weighted by atomic mass is 32.2. The number of rotatable bonds is 6. The Hall–Kier alpha value is -1.92. The number of carbonyl (C=O) groups excluding carboxylic acids is 1. The van der Waals surface area contributed by atoms with E-state index in [-0.39, 0.29) is 12.4 Å². The van der Waals surface area contributed by atoms with Gasteiger partial charge in [-0.25, -0.2) is 8.93 Å². The summed E-state index contributed by atoms with van der Waals surface area (Å²) >= 11 is 0. The van der Waals surface area contributed by atoms with E-state index in [9.17, 15) is 9.00 Å². The summed E-state index contributed by atoms with van der Waals surface area (Å²) in [6, 6.07) is 10.3. The lowest BCUT2D eigenvalue weighted by atomic mass is 10.1. The molecule has 0 aliphatic heterocycles. The van der Waals surface area contributed by atoms with Crippen LogP contribution in [0, 0.1) is 6.92 Å². The van der Waals surface area contributed by atoms with Crippen molar-refractivity contribution in [1.29, 1.82) is 0 Å². The zero-order valence-corrected chi connectivity index (χ0v) is 15.2. The largest absolute Gasteiger partial charge is 0.468 e. The Labute approximate surface area is 145 Å². The van der Waals surface area contributed by atoms with Crippen LogP contribution in [0.15, 0.2) is 52.0 Å². The molecule has 1 heterocycles. The van der Waals surface area contributed by atoms with E-state index in [0.717, 1.165) is 5.56 Å². The van der Waals surface area contributed by atoms with Gasteiger partial charge in [-0.15, -0.1) is 0 Å². The van der Waals surface area contributed by atoms with Gasteiger partial charge in [0.1, 0.15) is 22.3 Å². The molecule has 0 radical (unpaired) electrons. The van der Waals surface area contributed by atoms with Crippen LogP contribution in [-0.4, -0.2) is 15.8 Å². The first-order valence-electron chi connectivity index (χ1n) is 7.74. The average molecular weight is 349 g/mol. The summed E-state index contributed by atoms with van der Waals surface area (Å²) < 4.78 is 26.2. The van der Waals surface area contributed by atoms with Crippen molar-refractivity contribution in [3.8, 4) is 0 Å². The minimum absolute atomic E-state index is 0.0301. The molecule has 2 rings (SSSR count). The number of furan rings is 1. The number of ether oxygens (including phenoxy) is 1. The van der Waals surface area contributed by atoms with Crippen molar-refractivity contribution in [3.05, 3.63) is 54.0 Å². The molecule has 2 atom stereocenters. The highest BCUT2D eigenvalue weighted by molar-refractivity contribution is 7.83. The minimum Gasteiger partial charge on any atom is -0.468 e. The molecule has 5 nitrogen and oxygen atoms in total. The first-order valence-corrected chi connectivity index (χ1v) is 8.89. The fourth-order valence-electron chi connectivity index (χ4n) is 2.10. The highest BCUT2D eigenvalue weighted by Crippen LogP contribution is 2.21. The first-order chi connectivity index (χ1) is 11.2. The molecular formula is C18H23NO4S. The second-order valence-corrected chi connectivity index (χ2v) is 7.80. The molecule has 24 heavy (non-hydrogen) atoms. The van der Waals surface area contributed by atoms with E-state index in [1.165, 1.54) is 6.26 Å². The maximum atomic E-state index is 12.5. The molecule has 0 spiro atoms. The van der Waals surface area contributed by atoms with E-state index in [4.69, 9.17) is 9.15 Å². The fourth-order valence-corrected chi connectivity index (χ4v) is 3.08. The predicted octanol–water partition coefficient (Wildman–Crippen LogP) is 3.67. The number of esters is 1. The van der Waals surface area contributed by atoms with Gasteiger partial charge >= 0.3 is 5.97 Å². The van der Waals surface area contributed by atoms with Gasteiger partial charge in [0.05, 0.1) is 23.6 Å². The zero-order chi connectivity index (χ0) is 17.7. The van der Waals surface area contributed by atoms with E-state index in [1.54, 1.807) is 24.3 Å². The van der Waals surface area contributed by atoms with Crippen molar-refractivity contribution in [2.24, 2.45) is 0 Å². The number of aryl methyl sites for hydroxylation is 1. The zero-order valence-electron chi connectivity index (χ0n) is 14.4. The second-order valence-electron chi connectivity index (χ2n) is 6.56. The Morgan fingerprint density at radius 1 is 1.25 bits per heavy atom. The molecule has 0 fully saturated rings. The molecule has 130 valence electrons. The van der Waals surface area contributed by atoms with Gasteiger partial charge in [0.2, 0.25) is 0 Å². The third-order valence-electron chi connectivity index (χ3n) is 3.16. The van der Waals surface area contributed by atoms with Crippen LogP contribution < -0.4 is 4.72 Å². The van der Waals surface area contributed by atoms with Crippen LogP contribution >= 0.6 is 0 Å². The van der Waals surface area contributed by atoms with Crippen molar-refractivity contribution in [3.63, 3.8) is 0 Å². The summed E-state index contributed by atoms with van der Waals surface area (Å²) in [4.78, 5) is 12.8. The normalized spacial score (nSPS) is 14.2. The number of carbonyl (C=O) groups is 1. The van der Waals surface area contributed by atoms with Gasteiger partial charge in [0.15, 0.2) is 0 Å². The Kier molecular flexibility index (Phi) is 5.96. The van der Waals surface area contributed by atoms with Crippen LogP contribution in [0.4, 0.5) is 0 Å². The third kappa shape index (κ3) is 5.62. The monoisotopic (exact) mass is 349 g/mol. The van der Waals surface area contributed by atoms with Gasteiger partial charge in [-0.2, -0.15) is 0 Å². The van der Waals surface area contributed by atoms with Gasteiger partial charge in [-0.05, 0) is 52.0 Å². The molecule has 1 aromatic carbocycles. The molecule has 0 aliphatic rings. The lowest BCUT2D eigenvalue weighted by Gasteiger charge is -2.22. The van der Waals surface area contributed by atoms with E-state index < -0.39 is 22.6 Å². The average Bonchev–Trinajstić information content (AvgIpc) is 2.99. The van der Waals surface area contributed by atoms with Gasteiger partial charge in [0, 0.05) is 0 Å². The van der Waals surface area contributed by atoms with Gasteiger partial charge in [-0.1, -0.05) is 17.7 Å². The van der Waals surface area contributed by atoms with E-state index in [1.807, 2.05) is 39.8 Å². The number of hydrogen-bond donors (Lipinski definition) is 1. The second kappa shape index (κ2) is 7.77. The van der Waals surface area contributed by atoms with Crippen LogP contribution in [0.3, 0.4) is 0 Å². The third-order valence-corrected chi connectivity index (χ3v) is 4.36. The summed E-state index contributed by atoms with van der Waals surface area (Å²) in [6.07, 6.45) is 1.55. The van der Waals surface area contributed by atoms with Gasteiger partial charge in [0.25, 0.3) is 0 Å². The Bertz CT molecular complexity index is 687. The molecule has 0 unspecified atom stereocenters. The van der Waals surface area contributed by atoms with Crippen LogP contribution in [0.2, 0.25) is 0 Å². The molecule has 0 saturated carbocycles.